The first-order valence-corrected chi connectivity index (χ1v) is 9.15. The molecule has 1 atom stereocenters. The van der Waals surface area contributed by atoms with E-state index in [1.165, 1.54) is 12.1 Å². The van der Waals surface area contributed by atoms with E-state index in [4.69, 9.17) is 14.2 Å². The van der Waals surface area contributed by atoms with Crippen LogP contribution in [0.25, 0.3) is 0 Å². The van der Waals surface area contributed by atoms with Crippen LogP contribution in [0.3, 0.4) is 0 Å². The minimum absolute atomic E-state index is 0. The molecule has 1 heterocycles. The van der Waals surface area contributed by atoms with Gasteiger partial charge in [0.05, 0.1) is 13.7 Å². The summed E-state index contributed by atoms with van der Waals surface area (Å²) in [6.07, 6.45) is 3.29. The fourth-order valence-electron chi connectivity index (χ4n) is 3.15. The Morgan fingerprint density at radius 3 is 2.52 bits per heavy atom. The zero-order chi connectivity index (χ0) is 18.2. The van der Waals surface area contributed by atoms with Crippen LogP contribution in [0.15, 0.2) is 48.5 Å². The Hall–Kier alpha value is -1.98. The van der Waals surface area contributed by atoms with Gasteiger partial charge in [-0.1, -0.05) is 12.1 Å². The standard InChI is InChI=1S/C21H26FNO3.ClH/c1-24-20-6-2-3-7-21(20)26-19-12-14-23(16-19)13-4-5-15-25-18-10-8-17(22)9-11-18;/h2-3,6-11,19H,4-5,12-16H2,1H3;1H. The fourth-order valence-corrected chi connectivity index (χ4v) is 3.15. The van der Waals surface area contributed by atoms with E-state index in [1.807, 2.05) is 24.3 Å². The molecule has 3 rings (SSSR count). The van der Waals surface area contributed by atoms with Crippen LogP contribution < -0.4 is 14.2 Å². The van der Waals surface area contributed by atoms with Crippen molar-refractivity contribution in [2.75, 3.05) is 33.4 Å². The van der Waals surface area contributed by atoms with Gasteiger partial charge in [-0.2, -0.15) is 0 Å². The average molecular weight is 396 g/mol. The average Bonchev–Trinajstić information content (AvgIpc) is 3.11. The third-order valence-corrected chi connectivity index (χ3v) is 4.54. The molecule has 2 aromatic rings. The van der Waals surface area contributed by atoms with Crippen molar-refractivity contribution in [2.24, 2.45) is 0 Å². The molecule has 0 aromatic heterocycles. The van der Waals surface area contributed by atoms with Gasteiger partial charge in [-0.3, -0.25) is 4.90 Å². The molecule has 1 saturated heterocycles. The van der Waals surface area contributed by atoms with Crippen molar-refractivity contribution < 1.29 is 18.6 Å². The molecule has 6 heteroatoms. The predicted octanol–water partition coefficient (Wildman–Crippen LogP) is 4.57. The van der Waals surface area contributed by atoms with Gasteiger partial charge in [0.2, 0.25) is 0 Å². The van der Waals surface area contributed by atoms with Crippen molar-refractivity contribution in [3.63, 3.8) is 0 Å². The van der Waals surface area contributed by atoms with E-state index in [2.05, 4.69) is 4.90 Å². The lowest BCUT2D eigenvalue weighted by molar-refractivity contribution is 0.191. The van der Waals surface area contributed by atoms with Gasteiger partial charge in [0.1, 0.15) is 17.7 Å². The number of hydrogen-bond donors (Lipinski definition) is 0. The fraction of sp³-hybridized carbons (Fsp3) is 0.429. The number of halogens is 2. The number of hydrogen-bond acceptors (Lipinski definition) is 4. The Morgan fingerprint density at radius 1 is 1.04 bits per heavy atom. The highest BCUT2D eigenvalue weighted by molar-refractivity contribution is 5.85. The summed E-state index contributed by atoms with van der Waals surface area (Å²) in [5.41, 5.74) is 0. The summed E-state index contributed by atoms with van der Waals surface area (Å²) in [6.45, 7) is 3.69. The molecule has 1 aliphatic rings. The van der Waals surface area contributed by atoms with E-state index < -0.39 is 0 Å². The molecule has 0 amide bonds. The smallest absolute Gasteiger partial charge is 0.161 e. The molecule has 0 aliphatic carbocycles. The molecular formula is C21H27ClFNO3. The first-order valence-electron chi connectivity index (χ1n) is 9.15. The van der Waals surface area contributed by atoms with Crippen molar-refractivity contribution in [3.05, 3.63) is 54.3 Å². The van der Waals surface area contributed by atoms with E-state index in [-0.39, 0.29) is 24.3 Å². The summed E-state index contributed by atoms with van der Waals surface area (Å²) >= 11 is 0. The van der Waals surface area contributed by atoms with E-state index in [0.717, 1.165) is 56.1 Å². The molecule has 0 spiro atoms. The molecular weight excluding hydrogens is 369 g/mol. The van der Waals surface area contributed by atoms with Crippen LogP contribution in [-0.2, 0) is 0 Å². The molecule has 4 nitrogen and oxygen atoms in total. The largest absolute Gasteiger partial charge is 0.494 e. The van der Waals surface area contributed by atoms with Crippen molar-refractivity contribution in [1.82, 2.24) is 4.90 Å². The summed E-state index contributed by atoms with van der Waals surface area (Å²) in [4.78, 5) is 2.43. The summed E-state index contributed by atoms with van der Waals surface area (Å²) in [6, 6.07) is 13.9. The van der Waals surface area contributed by atoms with Gasteiger partial charge in [0.15, 0.2) is 11.5 Å². The van der Waals surface area contributed by atoms with Crippen LogP contribution in [0.4, 0.5) is 4.39 Å². The number of ether oxygens (including phenoxy) is 3. The van der Waals surface area contributed by atoms with E-state index in [9.17, 15) is 4.39 Å². The van der Waals surface area contributed by atoms with Gasteiger partial charge in [-0.25, -0.2) is 4.39 Å². The molecule has 1 aliphatic heterocycles. The van der Waals surface area contributed by atoms with Crippen molar-refractivity contribution >= 4 is 12.4 Å². The summed E-state index contributed by atoms with van der Waals surface area (Å²) in [5, 5.41) is 0. The SMILES string of the molecule is COc1ccccc1OC1CCN(CCCCOc2ccc(F)cc2)C1.Cl. The molecule has 0 N–H and O–H groups in total. The van der Waals surface area contributed by atoms with Crippen molar-refractivity contribution in [2.45, 2.75) is 25.4 Å². The number of rotatable bonds is 9. The maximum atomic E-state index is 12.8. The molecule has 27 heavy (non-hydrogen) atoms. The van der Waals surface area contributed by atoms with Gasteiger partial charge < -0.3 is 14.2 Å². The Kier molecular flexibility index (Phi) is 8.69. The highest BCUT2D eigenvalue weighted by Gasteiger charge is 2.24. The van der Waals surface area contributed by atoms with Crippen molar-refractivity contribution in [1.29, 1.82) is 0 Å². The number of para-hydroxylation sites is 2. The van der Waals surface area contributed by atoms with Crippen LogP contribution in [0.1, 0.15) is 19.3 Å². The number of likely N-dealkylation sites (tertiary alicyclic amines) is 1. The lowest BCUT2D eigenvalue weighted by Crippen LogP contribution is -2.26. The molecule has 0 bridgehead atoms. The highest BCUT2D eigenvalue weighted by Crippen LogP contribution is 2.28. The van der Waals surface area contributed by atoms with Crippen LogP contribution in [0.2, 0.25) is 0 Å². The molecule has 1 unspecified atom stereocenters. The number of unbranched alkanes of at least 4 members (excludes halogenated alkanes) is 1. The second-order valence-electron chi connectivity index (χ2n) is 6.49. The lowest BCUT2D eigenvalue weighted by atomic mass is 10.3. The van der Waals surface area contributed by atoms with Crippen molar-refractivity contribution in [3.8, 4) is 17.2 Å². The first-order chi connectivity index (χ1) is 12.7. The summed E-state index contributed by atoms with van der Waals surface area (Å²) < 4.78 is 29.9. The molecule has 148 valence electrons. The predicted molar refractivity (Wildman–Crippen MR) is 107 cm³/mol. The zero-order valence-electron chi connectivity index (χ0n) is 15.6. The van der Waals surface area contributed by atoms with E-state index >= 15 is 0 Å². The molecule has 2 aromatic carbocycles. The summed E-state index contributed by atoms with van der Waals surface area (Å²) in [7, 11) is 1.66. The Bertz CT molecular complexity index is 683. The maximum Gasteiger partial charge on any atom is 0.161 e. The van der Waals surface area contributed by atoms with Gasteiger partial charge in [0, 0.05) is 13.1 Å². The third-order valence-electron chi connectivity index (χ3n) is 4.54. The second kappa shape index (κ2) is 11.0. The first kappa shape index (κ1) is 21.3. The number of nitrogens with zero attached hydrogens (tertiary/aromatic N) is 1. The van der Waals surface area contributed by atoms with Crippen LogP contribution in [-0.4, -0.2) is 44.4 Å². The van der Waals surface area contributed by atoms with Gasteiger partial charge in [-0.15, -0.1) is 12.4 Å². The van der Waals surface area contributed by atoms with E-state index in [0.29, 0.717) is 6.61 Å². The Morgan fingerprint density at radius 2 is 1.78 bits per heavy atom. The Labute approximate surface area is 166 Å². The van der Waals surface area contributed by atoms with E-state index in [1.54, 1.807) is 19.2 Å². The Balaban J connectivity index is 0.00000261. The topological polar surface area (TPSA) is 30.9 Å². The van der Waals surface area contributed by atoms with Gasteiger partial charge in [-0.05, 0) is 62.2 Å². The quantitative estimate of drug-likeness (QED) is 0.582. The molecule has 0 radical (unpaired) electrons. The minimum atomic E-state index is -0.240. The minimum Gasteiger partial charge on any atom is -0.494 e. The maximum absolute atomic E-state index is 12.8. The summed E-state index contributed by atoms with van der Waals surface area (Å²) in [5.74, 6) is 2.08. The second-order valence-corrected chi connectivity index (χ2v) is 6.49. The normalized spacial score (nSPS) is 16.6. The molecule has 0 saturated carbocycles. The van der Waals surface area contributed by atoms with Gasteiger partial charge in [0.25, 0.3) is 0 Å². The van der Waals surface area contributed by atoms with Crippen LogP contribution in [0.5, 0.6) is 17.2 Å². The highest BCUT2D eigenvalue weighted by atomic mass is 35.5. The van der Waals surface area contributed by atoms with Crippen LogP contribution in [0, 0.1) is 5.82 Å². The zero-order valence-corrected chi connectivity index (χ0v) is 16.4. The van der Waals surface area contributed by atoms with Gasteiger partial charge >= 0.3 is 0 Å². The number of benzene rings is 2. The third kappa shape index (κ3) is 6.60. The van der Waals surface area contributed by atoms with Crippen LogP contribution >= 0.6 is 12.4 Å². The molecule has 1 fully saturated rings. The monoisotopic (exact) mass is 395 g/mol. The number of methoxy groups -OCH3 is 1. The lowest BCUT2D eigenvalue weighted by Gasteiger charge is -2.18.